The minimum absolute atomic E-state index is 0.0156. The first kappa shape index (κ1) is 14.9. The van der Waals surface area contributed by atoms with Crippen molar-refractivity contribution in [2.45, 2.75) is 19.9 Å². The number of aliphatic hydroxyl groups excluding tert-OH is 1. The molecule has 3 rings (SSSR count). The lowest BCUT2D eigenvalue weighted by atomic mass is 10.1. The van der Waals surface area contributed by atoms with Gasteiger partial charge >= 0.3 is 0 Å². The van der Waals surface area contributed by atoms with Crippen LogP contribution >= 0.6 is 11.3 Å². The lowest BCUT2D eigenvalue weighted by Crippen LogP contribution is -2.29. The van der Waals surface area contributed by atoms with Crippen LogP contribution < -0.4 is 5.32 Å². The number of thiophene rings is 1. The van der Waals surface area contributed by atoms with Crippen LogP contribution in [-0.4, -0.2) is 27.7 Å². The van der Waals surface area contributed by atoms with Crippen molar-refractivity contribution in [3.05, 3.63) is 42.7 Å². The van der Waals surface area contributed by atoms with Crippen LogP contribution in [0.25, 0.3) is 20.7 Å². The van der Waals surface area contributed by atoms with Crippen LogP contribution in [0.1, 0.15) is 13.8 Å². The van der Waals surface area contributed by atoms with Gasteiger partial charge in [0.15, 0.2) is 0 Å². The number of nitrogens with zero attached hydrogens (tertiary/aromatic N) is 2. The van der Waals surface area contributed by atoms with Gasteiger partial charge in [0.25, 0.3) is 0 Å². The van der Waals surface area contributed by atoms with Gasteiger partial charge in [0.05, 0.1) is 18.0 Å². The molecule has 0 saturated carbocycles. The molecule has 22 heavy (non-hydrogen) atoms. The molecule has 114 valence electrons. The van der Waals surface area contributed by atoms with Crippen molar-refractivity contribution in [1.29, 1.82) is 0 Å². The Morgan fingerprint density at radius 2 is 1.95 bits per heavy atom. The third-order valence-electron chi connectivity index (χ3n) is 3.71. The number of hydrogen-bond donors (Lipinski definition) is 2. The van der Waals surface area contributed by atoms with Crippen LogP contribution in [0, 0.1) is 5.92 Å². The second kappa shape index (κ2) is 6.42. The third-order valence-corrected chi connectivity index (χ3v) is 4.80. The van der Waals surface area contributed by atoms with Crippen molar-refractivity contribution in [3.8, 4) is 10.4 Å². The van der Waals surface area contributed by atoms with Gasteiger partial charge in [-0.3, -0.25) is 0 Å². The number of nitrogens with one attached hydrogen (secondary N) is 1. The number of rotatable bonds is 5. The van der Waals surface area contributed by atoms with Gasteiger partial charge in [0.1, 0.15) is 17.0 Å². The first-order chi connectivity index (χ1) is 10.7. The molecule has 0 amide bonds. The van der Waals surface area contributed by atoms with E-state index >= 15 is 0 Å². The number of aromatic nitrogens is 2. The zero-order valence-electron chi connectivity index (χ0n) is 12.7. The normalized spacial score (nSPS) is 12.7. The maximum absolute atomic E-state index is 9.51. The highest BCUT2D eigenvalue weighted by Crippen LogP contribution is 2.35. The molecule has 1 aromatic carbocycles. The Hall–Kier alpha value is -1.98. The average molecular weight is 313 g/mol. The smallest absolute Gasteiger partial charge is 0.138 e. The fraction of sp³-hybridized carbons (Fsp3) is 0.294. The number of hydrogen-bond acceptors (Lipinski definition) is 5. The maximum atomic E-state index is 9.51. The summed E-state index contributed by atoms with van der Waals surface area (Å²) in [5.74, 6) is 1.11. The lowest BCUT2D eigenvalue weighted by molar-refractivity contribution is 0.249. The minimum atomic E-state index is -0.0156. The van der Waals surface area contributed by atoms with E-state index in [1.807, 2.05) is 18.2 Å². The van der Waals surface area contributed by atoms with E-state index in [1.54, 1.807) is 17.7 Å². The molecule has 5 heteroatoms. The van der Waals surface area contributed by atoms with Gasteiger partial charge in [-0.05, 0) is 17.5 Å². The van der Waals surface area contributed by atoms with E-state index in [0.717, 1.165) is 16.0 Å². The lowest BCUT2D eigenvalue weighted by Gasteiger charge is -2.20. The largest absolute Gasteiger partial charge is 0.394 e. The van der Waals surface area contributed by atoms with Crippen molar-refractivity contribution < 1.29 is 5.11 Å². The molecule has 0 aliphatic rings. The van der Waals surface area contributed by atoms with E-state index in [1.165, 1.54) is 10.4 Å². The molecule has 0 bridgehead atoms. The first-order valence-corrected chi connectivity index (χ1v) is 8.18. The molecule has 4 nitrogen and oxygen atoms in total. The summed E-state index contributed by atoms with van der Waals surface area (Å²) in [5.41, 5.74) is 1.18. The Morgan fingerprint density at radius 3 is 2.64 bits per heavy atom. The van der Waals surface area contributed by atoms with Gasteiger partial charge in [-0.2, -0.15) is 0 Å². The highest BCUT2D eigenvalue weighted by Gasteiger charge is 2.16. The monoisotopic (exact) mass is 313 g/mol. The van der Waals surface area contributed by atoms with Crippen molar-refractivity contribution in [2.24, 2.45) is 5.92 Å². The zero-order valence-corrected chi connectivity index (χ0v) is 13.5. The zero-order chi connectivity index (χ0) is 15.5. The minimum Gasteiger partial charge on any atom is -0.394 e. The Morgan fingerprint density at radius 1 is 1.18 bits per heavy atom. The Labute approximate surface area is 133 Å². The van der Waals surface area contributed by atoms with Crippen LogP contribution in [0.3, 0.4) is 0 Å². The summed E-state index contributed by atoms with van der Waals surface area (Å²) in [6.45, 7) is 4.24. The predicted octanol–water partition coefficient (Wildman–Crippen LogP) is 3.79. The summed E-state index contributed by atoms with van der Waals surface area (Å²) >= 11 is 1.65. The SMILES string of the molecule is CC(C)[C@@H](CO)Nc1ncnc2sc(-c3ccccc3)cc12. The molecular weight excluding hydrogens is 294 g/mol. The van der Waals surface area contributed by atoms with Crippen LogP contribution in [0.2, 0.25) is 0 Å². The predicted molar refractivity (Wildman–Crippen MR) is 92.2 cm³/mol. The Kier molecular flexibility index (Phi) is 4.36. The maximum Gasteiger partial charge on any atom is 0.138 e. The molecule has 2 heterocycles. The van der Waals surface area contributed by atoms with Gasteiger partial charge in [-0.1, -0.05) is 44.2 Å². The van der Waals surface area contributed by atoms with Crippen LogP contribution in [0.15, 0.2) is 42.7 Å². The summed E-state index contributed by atoms with van der Waals surface area (Å²) in [7, 11) is 0. The molecule has 0 aliphatic carbocycles. The topological polar surface area (TPSA) is 58.0 Å². The van der Waals surface area contributed by atoms with E-state index < -0.39 is 0 Å². The molecular formula is C17H19N3OS. The molecule has 0 unspecified atom stereocenters. The van der Waals surface area contributed by atoms with Gasteiger partial charge in [0.2, 0.25) is 0 Å². The molecule has 3 aromatic rings. The second-order valence-corrected chi connectivity index (χ2v) is 6.63. The molecule has 2 N–H and O–H groups in total. The van der Waals surface area contributed by atoms with Crippen molar-refractivity contribution in [2.75, 3.05) is 11.9 Å². The van der Waals surface area contributed by atoms with E-state index in [2.05, 4.69) is 47.3 Å². The summed E-state index contributed by atoms with van der Waals surface area (Å²) in [5, 5.41) is 13.9. The summed E-state index contributed by atoms with van der Waals surface area (Å²) in [4.78, 5) is 10.9. The molecule has 0 radical (unpaired) electrons. The summed E-state index contributed by atoms with van der Waals surface area (Å²) in [6, 6.07) is 12.4. The second-order valence-electron chi connectivity index (χ2n) is 5.60. The first-order valence-electron chi connectivity index (χ1n) is 7.36. The molecule has 0 saturated heterocycles. The summed E-state index contributed by atoms with van der Waals surface area (Å²) in [6.07, 6.45) is 1.57. The molecule has 2 aromatic heterocycles. The number of benzene rings is 1. The average Bonchev–Trinajstić information content (AvgIpc) is 2.98. The van der Waals surface area contributed by atoms with Crippen molar-refractivity contribution in [3.63, 3.8) is 0 Å². The number of fused-ring (bicyclic) bond motifs is 1. The van der Waals surface area contributed by atoms with E-state index in [4.69, 9.17) is 0 Å². The quantitative estimate of drug-likeness (QED) is 0.752. The highest BCUT2D eigenvalue weighted by atomic mass is 32.1. The van der Waals surface area contributed by atoms with Gasteiger partial charge in [-0.15, -0.1) is 11.3 Å². The highest BCUT2D eigenvalue weighted by molar-refractivity contribution is 7.21. The molecule has 0 aliphatic heterocycles. The van der Waals surface area contributed by atoms with Crippen molar-refractivity contribution >= 4 is 27.4 Å². The van der Waals surface area contributed by atoms with Crippen LogP contribution in [0.5, 0.6) is 0 Å². The fourth-order valence-corrected chi connectivity index (χ4v) is 3.32. The molecule has 0 fully saturated rings. The third kappa shape index (κ3) is 2.96. The van der Waals surface area contributed by atoms with Gasteiger partial charge in [-0.25, -0.2) is 9.97 Å². The Bertz CT molecular complexity index is 755. The van der Waals surface area contributed by atoms with Gasteiger partial charge in [0, 0.05) is 4.88 Å². The van der Waals surface area contributed by atoms with Crippen molar-refractivity contribution in [1.82, 2.24) is 9.97 Å². The van der Waals surface area contributed by atoms with Crippen LogP contribution in [0.4, 0.5) is 5.82 Å². The fourth-order valence-electron chi connectivity index (χ4n) is 2.31. The Balaban J connectivity index is 2.00. The van der Waals surface area contributed by atoms with Gasteiger partial charge < -0.3 is 10.4 Å². The van der Waals surface area contributed by atoms with Crippen LogP contribution in [-0.2, 0) is 0 Å². The summed E-state index contributed by atoms with van der Waals surface area (Å²) < 4.78 is 0. The number of aliphatic hydroxyl groups is 1. The molecule has 1 atom stereocenters. The number of anilines is 1. The van der Waals surface area contributed by atoms with E-state index in [-0.39, 0.29) is 12.6 Å². The van der Waals surface area contributed by atoms with E-state index in [9.17, 15) is 5.11 Å². The van der Waals surface area contributed by atoms with E-state index in [0.29, 0.717) is 5.92 Å². The standard InChI is InChI=1S/C17H19N3OS/c1-11(2)14(9-21)20-16-13-8-15(12-6-4-3-5-7-12)22-17(13)19-10-18-16/h3-8,10-11,14,21H,9H2,1-2H3,(H,18,19,20)/t14-/m1/s1. The molecule has 0 spiro atoms.